The van der Waals surface area contributed by atoms with Crippen LogP contribution in [0.5, 0.6) is 0 Å². The van der Waals surface area contributed by atoms with Crippen molar-refractivity contribution < 1.29 is 14.7 Å². The highest BCUT2D eigenvalue weighted by Crippen LogP contribution is 2.18. The molecular formula is C12H19N3O3S. The molecule has 2 amide bonds. The molecule has 0 aromatic carbocycles. The Morgan fingerprint density at radius 3 is 2.74 bits per heavy atom. The van der Waals surface area contributed by atoms with E-state index in [4.69, 9.17) is 5.11 Å². The van der Waals surface area contributed by atoms with Gasteiger partial charge in [-0.25, -0.2) is 4.98 Å². The Labute approximate surface area is 116 Å². The van der Waals surface area contributed by atoms with E-state index in [2.05, 4.69) is 15.6 Å². The topological polar surface area (TPSA) is 91.3 Å². The van der Waals surface area contributed by atoms with Gasteiger partial charge in [0.1, 0.15) is 5.69 Å². The van der Waals surface area contributed by atoms with E-state index < -0.39 is 5.54 Å². The summed E-state index contributed by atoms with van der Waals surface area (Å²) in [6, 6.07) is 0. The van der Waals surface area contributed by atoms with Gasteiger partial charge >= 0.3 is 0 Å². The van der Waals surface area contributed by atoms with Crippen LogP contribution in [0.15, 0.2) is 5.38 Å². The summed E-state index contributed by atoms with van der Waals surface area (Å²) in [4.78, 5) is 27.0. The number of nitrogens with zero attached hydrogens (tertiary/aromatic N) is 1. The zero-order valence-electron chi connectivity index (χ0n) is 11.3. The lowest BCUT2D eigenvalue weighted by Gasteiger charge is -2.28. The number of aliphatic hydroxyl groups is 1. The van der Waals surface area contributed by atoms with Gasteiger partial charge in [-0.2, -0.15) is 0 Å². The second-order valence-corrected chi connectivity index (χ2v) is 5.42. The van der Waals surface area contributed by atoms with Gasteiger partial charge in [-0.05, 0) is 19.8 Å². The normalized spacial score (nSPS) is 13.7. The smallest absolute Gasteiger partial charge is 0.271 e. The molecule has 1 aromatic heterocycles. The Kier molecular flexibility index (Phi) is 5.44. The van der Waals surface area contributed by atoms with E-state index in [1.807, 2.05) is 13.8 Å². The third-order valence-corrected chi connectivity index (χ3v) is 3.64. The van der Waals surface area contributed by atoms with Crippen LogP contribution in [0.25, 0.3) is 0 Å². The van der Waals surface area contributed by atoms with Crippen LogP contribution in [0.3, 0.4) is 0 Å². The maximum Gasteiger partial charge on any atom is 0.271 e. The largest absolute Gasteiger partial charge is 0.396 e. The zero-order chi connectivity index (χ0) is 14.5. The van der Waals surface area contributed by atoms with E-state index in [9.17, 15) is 9.59 Å². The molecule has 1 heterocycles. The number of anilines is 1. The van der Waals surface area contributed by atoms with Crippen LogP contribution in [0.1, 0.15) is 44.1 Å². The summed E-state index contributed by atoms with van der Waals surface area (Å²) in [6.45, 7) is 5.22. The molecular weight excluding hydrogens is 266 g/mol. The molecule has 1 unspecified atom stereocenters. The highest BCUT2D eigenvalue weighted by atomic mass is 32.1. The minimum absolute atomic E-state index is 0.0127. The number of nitrogens with one attached hydrogen (secondary N) is 2. The first-order chi connectivity index (χ1) is 8.90. The number of rotatable bonds is 6. The van der Waals surface area contributed by atoms with E-state index >= 15 is 0 Å². The van der Waals surface area contributed by atoms with Crippen LogP contribution in [-0.4, -0.2) is 34.1 Å². The van der Waals surface area contributed by atoms with Crippen molar-refractivity contribution in [2.45, 2.75) is 39.2 Å². The van der Waals surface area contributed by atoms with Crippen molar-refractivity contribution in [2.75, 3.05) is 11.9 Å². The van der Waals surface area contributed by atoms with Crippen molar-refractivity contribution >= 4 is 28.3 Å². The maximum atomic E-state index is 12.0. The first kappa shape index (κ1) is 15.6. The molecule has 0 aliphatic heterocycles. The Balaban J connectivity index is 2.72. The first-order valence-electron chi connectivity index (χ1n) is 6.06. The number of carbonyl (C=O) groups excluding carboxylic acids is 2. The van der Waals surface area contributed by atoms with Crippen molar-refractivity contribution in [1.29, 1.82) is 0 Å². The van der Waals surface area contributed by atoms with Gasteiger partial charge in [0, 0.05) is 24.4 Å². The highest BCUT2D eigenvalue weighted by Gasteiger charge is 2.25. The molecule has 3 N–H and O–H groups in total. The molecule has 0 saturated carbocycles. The van der Waals surface area contributed by atoms with Gasteiger partial charge in [0.15, 0.2) is 5.13 Å². The monoisotopic (exact) mass is 285 g/mol. The number of hydrogen-bond acceptors (Lipinski definition) is 5. The predicted octanol–water partition coefficient (Wildman–Crippen LogP) is 1.38. The van der Waals surface area contributed by atoms with Gasteiger partial charge in [-0.3, -0.25) is 9.59 Å². The summed E-state index contributed by atoms with van der Waals surface area (Å²) in [7, 11) is 0. The third kappa shape index (κ3) is 4.60. The molecule has 1 rings (SSSR count). The van der Waals surface area contributed by atoms with Crippen molar-refractivity contribution in [3.8, 4) is 0 Å². The molecule has 7 heteroatoms. The van der Waals surface area contributed by atoms with Crippen LogP contribution in [0, 0.1) is 0 Å². The summed E-state index contributed by atoms with van der Waals surface area (Å²) < 4.78 is 0. The maximum absolute atomic E-state index is 12.0. The van der Waals surface area contributed by atoms with Crippen LogP contribution in [0.4, 0.5) is 5.13 Å². The van der Waals surface area contributed by atoms with Gasteiger partial charge in [-0.1, -0.05) is 6.92 Å². The van der Waals surface area contributed by atoms with Crippen molar-refractivity contribution in [3.05, 3.63) is 11.1 Å². The van der Waals surface area contributed by atoms with Gasteiger partial charge in [0.05, 0.1) is 0 Å². The number of hydrogen-bond donors (Lipinski definition) is 3. The van der Waals surface area contributed by atoms with Gasteiger partial charge in [0.25, 0.3) is 5.91 Å². The van der Waals surface area contributed by atoms with Crippen molar-refractivity contribution in [3.63, 3.8) is 0 Å². The number of amides is 2. The van der Waals surface area contributed by atoms with E-state index in [0.717, 1.165) is 0 Å². The van der Waals surface area contributed by atoms with Crippen molar-refractivity contribution in [2.24, 2.45) is 0 Å². The summed E-state index contributed by atoms with van der Waals surface area (Å²) in [6.07, 6.45) is 1.19. The standard InChI is InChI=1S/C12H19N3O3S/c1-4-12(3,5-6-16)15-10(18)9-7-19-11(14-9)13-8(2)17/h7,16H,4-6H2,1-3H3,(H,15,18)(H,13,14,17). The lowest BCUT2D eigenvalue weighted by Crippen LogP contribution is -2.46. The van der Waals surface area contributed by atoms with E-state index in [-0.39, 0.29) is 24.1 Å². The number of aromatic nitrogens is 1. The average molecular weight is 285 g/mol. The SMILES string of the molecule is CCC(C)(CCO)NC(=O)c1csc(NC(C)=O)n1. The fourth-order valence-electron chi connectivity index (χ4n) is 1.50. The minimum Gasteiger partial charge on any atom is -0.396 e. The van der Waals surface area contributed by atoms with Gasteiger partial charge in [0.2, 0.25) is 5.91 Å². The molecule has 106 valence electrons. The van der Waals surface area contributed by atoms with E-state index in [0.29, 0.717) is 18.0 Å². The Morgan fingerprint density at radius 2 is 2.21 bits per heavy atom. The summed E-state index contributed by atoms with van der Waals surface area (Å²) in [5.74, 6) is -0.523. The van der Waals surface area contributed by atoms with Crippen LogP contribution in [-0.2, 0) is 4.79 Å². The minimum atomic E-state index is -0.455. The predicted molar refractivity (Wildman–Crippen MR) is 74.3 cm³/mol. The van der Waals surface area contributed by atoms with Gasteiger partial charge in [-0.15, -0.1) is 11.3 Å². The molecule has 0 fully saturated rings. The fourth-order valence-corrected chi connectivity index (χ4v) is 2.24. The Bertz CT molecular complexity index is 461. The highest BCUT2D eigenvalue weighted by molar-refractivity contribution is 7.14. The fraction of sp³-hybridized carbons (Fsp3) is 0.583. The molecule has 0 spiro atoms. The number of carbonyl (C=O) groups is 2. The molecule has 0 bridgehead atoms. The first-order valence-corrected chi connectivity index (χ1v) is 6.94. The number of thiazole rings is 1. The second-order valence-electron chi connectivity index (χ2n) is 4.56. The van der Waals surface area contributed by atoms with E-state index in [1.165, 1.54) is 18.3 Å². The Morgan fingerprint density at radius 1 is 1.53 bits per heavy atom. The molecule has 1 aromatic rings. The molecule has 0 aliphatic carbocycles. The molecule has 19 heavy (non-hydrogen) atoms. The molecule has 1 atom stereocenters. The third-order valence-electron chi connectivity index (χ3n) is 2.88. The van der Waals surface area contributed by atoms with Crippen LogP contribution < -0.4 is 10.6 Å². The molecule has 6 nitrogen and oxygen atoms in total. The van der Waals surface area contributed by atoms with Crippen LogP contribution >= 0.6 is 11.3 Å². The number of aliphatic hydroxyl groups excluding tert-OH is 1. The quantitative estimate of drug-likeness (QED) is 0.736. The molecule has 0 radical (unpaired) electrons. The molecule has 0 aliphatic rings. The van der Waals surface area contributed by atoms with E-state index in [1.54, 1.807) is 5.38 Å². The average Bonchev–Trinajstić information content (AvgIpc) is 2.77. The Hall–Kier alpha value is -1.47. The summed E-state index contributed by atoms with van der Waals surface area (Å²) in [5.41, 5.74) is -0.185. The molecule has 0 saturated heterocycles. The van der Waals surface area contributed by atoms with Crippen molar-refractivity contribution in [1.82, 2.24) is 10.3 Å². The lowest BCUT2D eigenvalue weighted by molar-refractivity contribution is -0.114. The lowest BCUT2D eigenvalue weighted by atomic mass is 9.95. The summed E-state index contributed by atoms with van der Waals surface area (Å²) in [5, 5.41) is 16.4. The van der Waals surface area contributed by atoms with Crippen LogP contribution in [0.2, 0.25) is 0 Å². The second kappa shape index (κ2) is 6.63. The summed E-state index contributed by atoms with van der Waals surface area (Å²) >= 11 is 1.20. The zero-order valence-corrected chi connectivity index (χ0v) is 12.1. The van der Waals surface area contributed by atoms with Gasteiger partial charge < -0.3 is 15.7 Å².